The summed E-state index contributed by atoms with van der Waals surface area (Å²) in [6, 6.07) is 2.17. The Bertz CT molecular complexity index is 733. The van der Waals surface area contributed by atoms with Crippen LogP contribution in [0.25, 0.3) is 0 Å². The lowest BCUT2D eigenvalue weighted by Gasteiger charge is -2.31. The van der Waals surface area contributed by atoms with Crippen LogP contribution in [0.3, 0.4) is 0 Å². The number of benzene rings is 1. The molecule has 1 aliphatic rings. The first-order valence-electron chi connectivity index (χ1n) is 5.95. The summed E-state index contributed by atoms with van der Waals surface area (Å²) in [6.45, 7) is 2.88. The molecule has 1 saturated heterocycles. The molecule has 0 radical (unpaired) electrons. The summed E-state index contributed by atoms with van der Waals surface area (Å²) in [5.74, 6) is -1.26. The summed E-state index contributed by atoms with van der Waals surface area (Å²) in [6.07, 6.45) is 0. The topological polar surface area (TPSA) is 83.6 Å². The number of halogens is 2. The number of piperazine rings is 1. The van der Waals surface area contributed by atoms with Gasteiger partial charge in [-0.05, 0) is 47.5 Å². The number of sulfonamides is 1. The van der Waals surface area contributed by atoms with Crippen LogP contribution >= 0.6 is 31.9 Å². The van der Waals surface area contributed by atoms with E-state index < -0.39 is 27.9 Å². The van der Waals surface area contributed by atoms with Gasteiger partial charge in [0.2, 0.25) is 21.8 Å². The number of hydrogen-bond acceptors (Lipinski definition) is 4. The molecule has 1 N–H and O–H groups in total. The number of rotatable bonds is 2. The minimum Gasteiger partial charge on any atom is -0.294 e. The fourth-order valence-electron chi connectivity index (χ4n) is 1.94. The number of imide groups is 1. The SMILES string of the molecule is Cc1cc(Br)c(S(=O)(=O)N2CC(=O)NC(=O)C2C)cc1Br. The van der Waals surface area contributed by atoms with Gasteiger partial charge in [0, 0.05) is 8.95 Å². The van der Waals surface area contributed by atoms with Crippen LogP contribution in [0.5, 0.6) is 0 Å². The van der Waals surface area contributed by atoms with Crippen molar-refractivity contribution >= 4 is 53.7 Å². The van der Waals surface area contributed by atoms with Crippen molar-refractivity contribution in [3.63, 3.8) is 0 Å². The van der Waals surface area contributed by atoms with Gasteiger partial charge in [0.25, 0.3) is 0 Å². The minimum atomic E-state index is -3.97. The van der Waals surface area contributed by atoms with Crippen molar-refractivity contribution in [2.24, 2.45) is 0 Å². The van der Waals surface area contributed by atoms with Gasteiger partial charge in [0.05, 0.1) is 11.4 Å². The number of hydrogen-bond donors (Lipinski definition) is 1. The van der Waals surface area contributed by atoms with Crippen LogP contribution < -0.4 is 5.32 Å². The molecular weight excluding hydrogens is 428 g/mol. The molecule has 114 valence electrons. The number of carbonyl (C=O) groups excluding carboxylic acids is 2. The van der Waals surface area contributed by atoms with Crippen molar-refractivity contribution in [2.75, 3.05) is 6.54 Å². The van der Waals surface area contributed by atoms with E-state index in [1.807, 2.05) is 6.92 Å². The lowest BCUT2D eigenvalue weighted by atomic mass is 10.2. The molecule has 1 aromatic rings. The third kappa shape index (κ3) is 3.05. The van der Waals surface area contributed by atoms with E-state index in [-0.39, 0.29) is 11.4 Å². The molecule has 0 aromatic heterocycles. The van der Waals surface area contributed by atoms with Crippen LogP contribution in [-0.4, -0.2) is 37.1 Å². The van der Waals surface area contributed by atoms with Crippen molar-refractivity contribution in [1.82, 2.24) is 9.62 Å². The molecule has 21 heavy (non-hydrogen) atoms. The zero-order valence-electron chi connectivity index (χ0n) is 11.2. The van der Waals surface area contributed by atoms with E-state index in [2.05, 4.69) is 37.2 Å². The average molecular weight is 440 g/mol. The van der Waals surface area contributed by atoms with Crippen LogP contribution in [0.2, 0.25) is 0 Å². The molecule has 6 nitrogen and oxygen atoms in total. The highest BCUT2D eigenvalue weighted by atomic mass is 79.9. The normalized spacial score (nSPS) is 20.5. The number of amides is 2. The van der Waals surface area contributed by atoms with Gasteiger partial charge in [-0.3, -0.25) is 14.9 Å². The van der Waals surface area contributed by atoms with Crippen LogP contribution in [-0.2, 0) is 19.6 Å². The summed E-state index contributed by atoms with van der Waals surface area (Å²) < 4.78 is 27.3. The highest BCUT2D eigenvalue weighted by Gasteiger charge is 2.39. The van der Waals surface area contributed by atoms with E-state index in [1.165, 1.54) is 13.0 Å². The van der Waals surface area contributed by atoms with E-state index >= 15 is 0 Å². The summed E-state index contributed by atoms with van der Waals surface area (Å²) >= 11 is 6.51. The fraction of sp³-hybridized carbons (Fsp3) is 0.333. The van der Waals surface area contributed by atoms with Gasteiger partial charge in [-0.25, -0.2) is 8.42 Å². The number of aryl methyl sites for hydroxylation is 1. The van der Waals surface area contributed by atoms with Crippen LogP contribution in [0.15, 0.2) is 26.0 Å². The second-order valence-electron chi connectivity index (χ2n) is 4.67. The predicted molar refractivity (Wildman–Crippen MR) is 83.1 cm³/mol. The first-order chi connectivity index (χ1) is 9.64. The Morgan fingerprint density at radius 1 is 1.24 bits per heavy atom. The summed E-state index contributed by atoms with van der Waals surface area (Å²) in [5.41, 5.74) is 0.862. The smallest absolute Gasteiger partial charge is 0.245 e. The second-order valence-corrected chi connectivity index (χ2v) is 8.24. The Morgan fingerprint density at radius 3 is 2.48 bits per heavy atom. The van der Waals surface area contributed by atoms with Gasteiger partial charge in [-0.2, -0.15) is 4.31 Å². The molecule has 1 unspecified atom stereocenters. The van der Waals surface area contributed by atoms with Crippen LogP contribution in [0.1, 0.15) is 12.5 Å². The first kappa shape index (κ1) is 16.6. The maximum absolute atomic E-state index is 12.7. The van der Waals surface area contributed by atoms with Gasteiger partial charge < -0.3 is 0 Å². The van der Waals surface area contributed by atoms with Gasteiger partial charge in [0.1, 0.15) is 6.04 Å². The molecule has 2 rings (SSSR count). The molecule has 2 amide bonds. The standard InChI is InChI=1S/C12H12Br2N2O4S/c1-6-3-9(14)10(4-8(6)13)21(19,20)16-5-11(17)15-12(18)7(16)2/h3-4,7H,5H2,1-2H3,(H,15,17,18). The summed E-state index contributed by atoms with van der Waals surface area (Å²) in [5, 5.41) is 2.11. The molecule has 1 heterocycles. The molecule has 0 spiro atoms. The Morgan fingerprint density at radius 2 is 1.86 bits per heavy atom. The third-order valence-corrected chi connectivity index (χ3v) is 6.90. The number of carbonyl (C=O) groups is 2. The van der Waals surface area contributed by atoms with E-state index in [0.717, 1.165) is 9.87 Å². The summed E-state index contributed by atoms with van der Waals surface area (Å²) in [4.78, 5) is 23.1. The highest BCUT2D eigenvalue weighted by molar-refractivity contribution is 9.11. The van der Waals surface area contributed by atoms with E-state index in [9.17, 15) is 18.0 Å². The zero-order chi connectivity index (χ0) is 15.9. The molecule has 1 aromatic carbocycles. The van der Waals surface area contributed by atoms with Gasteiger partial charge in [-0.1, -0.05) is 15.9 Å². The van der Waals surface area contributed by atoms with Crippen molar-refractivity contribution in [2.45, 2.75) is 24.8 Å². The van der Waals surface area contributed by atoms with Crippen LogP contribution in [0, 0.1) is 6.92 Å². The monoisotopic (exact) mass is 438 g/mol. The maximum atomic E-state index is 12.7. The minimum absolute atomic E-state index is 0.00863. The maximum Gasteiger partial charge on any atom is 0.245 e. The average Bonchev–Trinajstić information content (AvgIpc) is 2.37. The molecule has 1 aliphatic heterocycles. The molecule has 0 saturated carbocycles. The number of nitrogens with zero attached hydrogens (tertiary/aromatic N) is 1. The molecule has 9 heteroatoms. The van der Waals surface area contributed by atoms with E-state index in [0.29, 0.717) is 8.95 Å². The molecule has 0 bridgehead atoms. The van der Waals surface area contributed by atoms with Crippen LogP contribution in [0.4, 0.5) is 0 Å². The van der Waals surface area contributed by atoms with Crippen molar-refractivity contribution in [3.8, 4) is 0 Å². The molecule has 1 fully saturated rings. The lowest BCUT2D eigenvalue weighted by molar-refractivity contribution is -0.136. The van der Waals surface area contributed by atoms with Crippen molar-refractivity contribution in [3.05, 3.63) is 26.6 Å². The second kappa shape index (κ2) is 5.79. The Hall–Kier alpha value is -0.770. The first-order valence-corrected chi connectivity index (χ1v) is 8.98. The van der Waals surface area contributed by atoms with Gasteiger partial charge in [0.15, 0.2) is 0 Å². The lowest BCUT2D eigenvalue weighted by Crippen LogP contribution is -2.58. The quantitative estimate of drug-likeness (QED) is 0.708. The molecule has 0 aliphatic carbocycles. The Balaban J connectivity index is 2.54. The van der Waals surface area contributed by atoms with E-state index in [1.54, 1.807) is 6.07 Å². The Labute approximate surface area is 139 Å². The highest BCUT2D eigenvalue weighted by Crippen LogP contribution is 2.31. The Kier molecular flexibility index (Phi) is 4.57. The van der Waals surface area contributed by atoms with Crippen molar-refractivity contribution < 1.29 is 18.0 Å². The summed E-state index contributed by atoms with van der Waals surface area (Å²) in [7, 11) is -3.97. The van der Waals surface area contributed by atoms with Gasteiger partial charge in [-0.15, -0.1) is 0 Å². The van der Waals surface area contributed by atoms with Crippen molar-refractivity contribution in [1.29, 1.82) is 0 Å². The van der Waals surface area contributed by atoms with E-state index in [4.69, 9.17) is 0 Å². The number of nitrogens with one attached hydrogen (secondary N) is 1. The third-order valence-electron chi connectivity index (χ3n) is 3.17. The zero-order valence-corrected chi connectivity index (χ0v) is 15.2. The molecular formula is C12H12Br2N2O4S. The molecule has 1 atom stereocenters. The predicted octanol–water partition coefficient (Wildman–Crippen LogP) is 1.56. The fourth-order valence-corrected chi connectivity index (χ4v) is 5.13. The largest absolute Gasteiger partial charge is 0.294 e. The van der Waals surface area contributed by atoms with Gasteiger partial charge >= 0.3 is 0 Å².